The van der Waals surface area contributed by atoms with Gasteiger partial charge in [0.2, 0.25) is 0 Å². The first-order valence-electron chi connectivity index (χ1n) is 24.3. The van der Waals surface area contributed by atoms with Gasteiger partial charge < -0.3 is 24.1 Å². The van der Waals surface area contributed by atoms with Crippen LogP contribution in [0.1, 0.15) is 63.9 Å². The number of benzene rings is 6. The standard InChI is InChI=1S/C20H21ClN3O2.C17H15ClN3O2.C12H15N3O.C8H7BrClO.CH2I2.3Y/c1-5-26-20-22-19(15-7-6-13(2)14(3)10-15)23-24(20)12-16-11-17(21)8-9-18(16)25-4;1-10-3-4-12(7-11(10)2)16-19-17(23)21(20-16)9-13-8-14(18)5-6-15(13)22;1-4-16-12-13-11(14-15-12)10-6-5-8(2)9(3)7-10;1-11-8-3-2-7(10)4-6(8)5-9;1-3-2;;;/h6-7,9-11H,5,12H2,1-4H3;3-4,6-8,22H,9H2,1-2H3,(H,19,20,23);5-7H,4H2,1-3H3,(H,13,14,15);3-4H,5H2,1H3;1H2;;;/q2*-1;;-1;;;;. The Hall–Kier alpha value is -2.47. The summed E-state index contributed by atoms with van der Waals surface area (Å²) in [5, 5.41) is 27.9. The van der Waals surface area contributed by atoms with E-state index in [1.165, 1.54) is 38.6 Å². The largest absolute Gasteiger partial charge is 0.565 e. The third-order valence-electron chi connectivity index (χ3n) is 11.8. The van der Waals surface area contributed by atoms with Gasteiger partial charge in [-0.2, -0.15) is 28.2 Å². The summed E-state index contributed by atoms with van der Waals surface area (Å²) in [5.74, 6) is 3.39. The van der Waals surface area contributed by atoms with E-state index in [9.17, 15) is 9.90 Å². The van der Waals surface area contributed by atoms with Crippen molar-refractivity contribution in [2.24, 2.45) is 0 Å². The molecular weight excluding hydrogens is 1630 g/mol. The molecule has 0 saturated carbocycles. The molecule has 0 amide bonds. The second-order valence-corrected chi connectivity index (χ2v) is 23.4. The summed E-state index contributed by atoms with van der Waals surface area (Å²) >= 11 is 23.6. The van der Waals surface area contributed by atoms with Crippen molar-refractivity contribution in [2.45, 2.75) is 73.8 Å². The van der Waals surface area contributed by atoms with Gasteiger partial charge in [0.15, 0.2) is 17.5 Å². The van der Waals surface area contributed by atoms with Crippen LogP contribution in [-0.2, 0) is 117 Å². The van der Waals surface area contributed by atoms with Gasteiger partial charge in [0, 0.05) is 137 Å². The second kappa shape index (κ2) is 38.6. The minimum Gasteiger partial charge on any atom is -0.565 e. The number of nitrogens with one attached hydrogen (secondary N) is 2. The molecule has 9 rings (SSSR count). The molecule has 0 spiro atoms. The summed E-state index contributed by atoms with van der Waals surface area (Å²) in [7, 11) is 3.25. The molecule has 0 fully saturated rings. The maximum absolute atomic E-state index is 12.1. The van der Waals surface area contributed by atoms with Gasteiger partial charge in [0.1, 0.15) is 0 Å². The van der Waals surface area contributed by atoms with Crippen LogP contribution in [0.3, 0.4) is 0 Å². The Kier molecular flexibility index (Phi) is 35.6. The van der Waals surface area contributed by atoms with Crippen molar-refractivity contribution in [1.29, 1.82) is 0 Å². The monoisotopic (exact) mass is 1680 g/mol. The van der Waals surface area contributed by atoms with E-state index in [0.717, 1.165) is 50.3 Å². The van der Waals surface area contributed by atoms with Crippen molar-refractivity contribution < 1.29 is 122 Å². The molecule has 0 atom stereocenters. The van der Waals surface area contributed by atoms with Crippen LogP contribution in [-0.4, -0.2) is 81.8 Å². The Morgan fingerprint density at radius 1 is 0.646 bits per heavy atom. The van der Waals surface area contributed by atoms with Crippen molar-refractivity contribution in [2.75, 3.05) is 27.4 Å². The fourth-order valence-corrected chi connectivity index (χ4v) is 8.15. The van der Waals surface area contributed by atoms with Gasteiger partial charge in [0.25, 0.3) is 0 Å². The average Bonchev–Trinajstić information content (AvgIpc) is 4.19. The van der Waals surface area contributed by atoms with Gasteiger partial charge in [0.05, 0.1) is 40.5 Å². The molecule has 15 nitrogen and oxygen atoms in total. The first-order valence-corrected chi connectivity index (χ1v) is 34.4. The maximum Gasteiger partial charge on any atom is 0.343 e. The van der Waals surface area contributed by atoms with E-state index in [2.05, 4.69) is 145 Å². The van der Waals surface area contributed by atoms with E-state index < -0.39 is 0 Å². The number of ether oxygens (including phenoxy) is 4. The second-order valence-electron chi connectivity index (χ2n) is 17.2. The number of aromatic nitrogens is 9. The van der Waals surface area contributed by atoms with Crippen LogP contribution in [0.15, 0.2) is 95.8 Å². The topological polar surface area (TPSA) is 180 Å². The zero-order valence-electron chi connectivity index (χ0n) is 47.0. The van der Waals surface area contributed by atoms with Gasteiger partial charge in [-0.3, -0.25) is 10.1 Å². The number of aryl methyl sites for hydroxylation is 6. The van der Waals surface area contributed by atoms with Gasteiger partial charge >= 0.3 is 17.7 Å². The molecule has 24 heteroatoms. The first kappa shape index (κ1) is 75.6. The van der Waals surface area contributed by atoms with Crippen molar-refractivity contribution in [3.8, 4) is 63.4 Å². The third-order valence-corrected chi connectivity index (χ3v) is 13.0. The maximum atomic E-state index is 12.1. The number of alkyl halides is 1. The van der Waals surface area contributed by atoms with Crippen LogP contribution in [0.4, 0.5) is 0 Å². The fraction of sp³-hybridized carbons (Fsp3) is 0.259. The number of phenols is 1. The Morgan fingerprint density at radius 3 is 1.62 bits per heavy atom. The molecular formula is C58H60BrCl3I2N9O6Y3-3. The van der Waals surface area contributed by atoms with Gasteiger partial charge in [-0.15, -0.1) is 92.1 Å². The molecule has 3 heterocycles. The summed E-state index contributed by atoms with van der Waals surface area (Å²) in [5.41, 5.74) is 12.2. The number of aromatic amines is 2. The first-order chi connectivity index (χ1) is 37.8. The molecule has 3 N–H and O–H groups in total. The minimum absolute atomic E-state index is 0. The molecule has 3 radical (unpaired) electrons. The molecule has 6 aromatic carbocycles. The number of hydrogen-bond donors (Lipinski definition) is 3. The van der Waals surface area contributed by atoms with E-state index in [-0.39, 0.29) is 116 Å². The average molecular weight is 1690 g/mol. The normalized spacial score (nSPS) is 10.0. The fourth-order valence-electron chi connectivity index (χ4n) is 7.15. The molecule has 0 unspecified atom stereocenters. The van der Waals surface area contributed by atoms with Crippen molar-refractivity contribution in [3.05, 3.63) is 185 Å². The van der Waals surface area contributed by atoms with Crippen molar-refractivity contribution >= 4 is 90.6 Å². The molecule has 0 aliphatic heterocycles. The Morgan fingerprint density at radius 2 is 1.11 bits per heavy atom. The third kappa shape index (κ3) is 23.0. The Balaban J connectivity index is 0.000000377. The van der Waals surface area contributed by atoms with Gasteiger partial charge in [-0.05, 0) is 126 Å². The van der Waals surface area contributed by atoms with E-state index >= 15 is 0 Å². The Labute approximate surface area is 598 Å². The number of H-pyrrole nitrogens is 2. The zero-order valence-corrected chi connectivity index (χ0v) is 63.7. The number of aromatic hydroxyl groups is 1. The van der Waals surface area contributed by atoms with Gasteiger partial charge in [-0.25, -0.2) is 14.2 Å². The molecule has 0 aliphatic carbocycles. The quantitative estimate of drug-likeness (QED) is 0.0536. The summed E-state index contributed by atoms with van der Waals surface area (Å²) in [6.45, 7) is 17.8. The molecule has 0 saturated heterocycles. The van der Waals surface area contributed by atoms with E-state index in [1.54, 1.807) is 37.1 Å². The number of phenolic OH excluding ortho intramolecular Hbond substituents is 1. The number of nitrogens with zero attached hydrogens (tertiary/aromatic N) is 7. The number of halogens is 6. The molecule has 427 valence electrons. The summed E-state index contributed by atoms with van der Waals surface area (Å²) in [4.78, 5) is 23.6. The summed E-state index contributed by atoms with van der Waals surface area (Å²) in [6.07, 6.45) is 0. The van der Waals surface area contributed by atoms with E-state index in [4.69, 9.17) is 53.8 Å². The predicted molar refractivity (Wildman–Crippen MR) is 338 cm³/mol. The van der Waals surface area contributed by atoms with Crippen LogP contribution >= 0.6 is 86.1 Å². The number of rotatable bonds is 14. The van der Waals surface area contributed by atoms with Gasteiger partial charge in [-0.1, -0.05) is 99.8 Å². The van der Waals surface area contributed by atoms with Crippen molar-refractivity contribution in [3.63, 3.8) is 0 Å². The minimum atomic E-state index is -0.346. The molecule has 0 bridgehead atoms. The molecule has 3 aromatic heterocycles. The number of methoxy groups -OCH3 is 2. The smallest absolute Gasteiger partial charge is 0.343 e. The summed E-state index contributed by atoms with van der Waals surface area (Å²) < 4.78 is 27.9. The molecule has 9 aromatic rings. The van der Waals surface area contributed by atoms with Crippen LogP contribution < -0.4 is 24.6 Å². The SMILES string of the molecule is C=II.CCOc1n[nH]c(-c2ccc(C)c(C)c2)n1.CCOc1nc(-c2ccc(C)c(C)c2)nn1Cc1cc(Cl)[c-]cc1OC.COc1c[c-]c(Cl)cc1CBr.Cc1ccc(-c2nn(Cc3cc(Cl)[c-]cc3O)c(=O)[nH]2)cc1C.[Y].[Y].[Y]. The van der Waals surface area contributed by atoms with Crippen LogP contribution in [0.5, 0.6) is 29.3 Å². The van der Waals surface area contributed by atoms with E-state index in [1.807, 2.05) is 70.2 Å². The Bertz CT molecular complexity index is 3530. The predicted octanol–water partition coefficient (Wildman–Crippen LogP) is 14.8. The van der Waals surface area contributed by atoms with Crippen LogP contribution in [0.25, 0.3) is 34.2 Å². The van der Waals surface area contributed by atoms with Crippen LogP contribution in [0.2, 0.25) is 15.1 Å². The van der Waals surface area contributed by atoms with Crippen molar-refractivity contribution in [1.82, 2.24) is 44.7 Å². The van der Waals surface area contributed by atoms with E-state index in [0.29, 0.717) is 86.6 Å². The number of hydrogen-bond acceptors (Lipinski definition) is 11. The van der Waals surface area contributed by atoms with Crippen LogP contribution in [0, 0.1) is 59.7 Å². The molecule has 82 heavy (non-hydrogen) atoms. The molecule has 0 aliphatic rings. The summed E-state index contributed by atoms with van der Waals surface area (Å²) in [6, 6.07) is 37.6. The zero-order chi connectivity index (χ0) is 57.8.